The molecule has 1 aromatic carbocycles. The van der Waals surface area contributed by atoms with Gasteiger partial charge in [-0.1, -0.05) is 6.07 Å². The average Bonchev–Trinajstić information content (AvgIpc) is 1.96. The third kappa shape index (κ3) is 1.42. The van der Waals surface area contributed by atoms with Crippen LogP contribution in [0.15, 0.2) is 12.1 Å². The fourth-order valence-corrected chi connectivity index (χ4v) is 1.66. The van der Waals surface area contributed by atoms with Crippen molar-refractivity contribution >= 4 is 0 Å². The van der Waals surface area contributed by atoms with E-state index in [4.69, 9.17) is 0 Å². The number of hydrogen-bond acceptors (Lipinski definition) is 2. The van der Waals surface area contributed by atoms with E-state index in [9.17, 15) is 5.11 Å². The van der Waals surface area contributed by atoms with Gasteiger partial charge in [-0.2, -0.15) is 0 Å². The van der Waals surface area contributed by atoms with Crippen molar-refractivity contribution in [3.8, 4) is 5.75 Å². The molecular formula is C11H15NO. The van der Waals surface area contributed by atoms with E-state index < -0.39 is 0 Å². The minimum atomic E-state index is 0.374. The first-order valence-electron chi connectivity index (χ1n) is 4.72. The van der Waals surface area contributed by atoms with Gasteiger partial charge in [0.05, 0.1) is 0 Å². The maximum atomic E-state index is 9.71. The summed E-state index contributed by atoms with van der Waals surface area (Å²) in [6.07, 6.45) is 1.13. The van der Waals surface area contributed by atoms with Crippen LogP contribution in [-0.2, 0) is 0 Å². The highest BCUT2D eigenvalue weighted by atomic mass is 16.3. The molecular weight excluding hydrogens is 162 g/mol. The van der Waals surface area contributed by atoms with E-state index in [0.29, 0.717) is 11.8 Å². The quantitative estimate of drug-likeness (QED) is 0.688. The zero-order valence-corrected chi connectivity index (χ0v) is 8.09. The van der Waals surface area contributed by atoms with Gasteiger partial charge in [-0.05, 0) is 44.0 Å². The number of nitrogens with one attached hydrogen (secondary N) is 1. The Labute approximate surface area is 78.6 Å². The summed E-state index contributed by atoms with van der Waals surface area (Å²) in [7, 11) is 0. The lowest BCUT2D eigenvalue weighted by Gasteiger charge is -2.29. The molecule has 1 aliphatic heterocycles. The molecule has 1 atom stereocenters. The highest BCUT2D eigenvalue weighted by Gasteiger charge is 2.21. The predicted molar refractivity (Wildman–Crippen MR) is 52.9 cm³/mol. The molecule has 0 saturated carbocycles. The van der Waals surface area contributed by atoms with Crippen LogP contribution in [0.1, 0.15) is 29.2 Å². The van der Waals surface area contributed by atoms with E-state index >= 15 is 0 Å². The molecule has 2 nitrogen and oxygen atoms in total. The van der Waals surface area contributed by atoms with Gasteiger partial charge in [-0.15, -0.1) is 0 Å². The maximum absolute atomic E-state index is 9.71. The molecule has 1 fully saturated rings. The Kier molecular flexibility index (Phi) is 2.00. The largest absolute Gasteiger partial charge is 0.508 e. The van der Waals surface area contributed by atoms with Crippen LogP contribution in [-0.4, -0.2) is 11.7 Å². The molecule has 1 heterocycles. The van der Waals surface area contributed by atoms with E-state index in [-0.39, 0.29) is 0 Å². The minimum Gasteiger partial charge on any atom is -0.508 e. The smallest absolute Gasteiger partial charge is 0.120 e. The molecule has 0 radical (unpaired) electrons. The summed E-state index contributed by atoms with van der Waals surface area (Å²) in [6.45, 7) is 5.17. The Morgan fingerprint density at radius 3 is 2.46 bits per heavy atom. The van der Waals surface area contributed by atoms with Crippen molar-refractivity contribution in [3.05, 3.63) is 28.8 Å². The first kappa shape index (κ1) is 8.57. The van der Waals surface area contributed by atoms with Crippen molar-refractivity contribution in [2.24, 2.45) is 0 Å². The van der Waals surface area contributed by atoms with Gasteiger partial charge in [0, 0.05) is 11.6 Å². The normalized spacial score (nSPS) is 21.2. The second-order valence-electron chi connectivity index (χ2n) is 3.79. The molecule has 2 heteroatoms. The first-order valence-corrected chi connectivity index (χ1v) is 4.72. The van der Waals surface area contributed by atoms with Gasteiger partial charge in [0.1, 0.15) is 5.75 Å². The lowest BCUT2D eigenvalue weighted by atomic mass is 9.94. The zero-order chi connectivity index (χ0) is 9.42. The van der Waals surface area contributed by atoms with Crippen molar-refractivity contribution < 1.29 is 5.11 Å². The van der Waals surface area contributed by atoms with Crippen LogP contribution in [0.4, 0.5) is 0 Å². The zero-order valence-electron chi connectivity index (χ0n) is 8.09. The molecule has 70 valence electrons. The summed E-state index contributed by atoms with van der Waals surface area (Å²) in [5.74, 6) is 0.431. The van der Waals surface area contributed by atoms with Crippen LogP contribution in [0.2, 0.25) is 0 Å². The van der Waals surface area contributed by atoms with Crippen molar-refractivity contribution in [3.63, 3.8) is 0 Å². The molecule has 1 saturated heterocycles. The Hall–Kier alpha value is -1.02. The SMILES string of the molecule is Cc1cc(O)c([C@@H]2CCN2)cc1C. The topological polar surface area (TPSA) is 32.3 Å². The van der Waals surface area contributed by atoms with Gasteiger partial charge in [0.15, 0.2) is 0 Å². The van der Waals surface area contributed by atoms with Crippen molar-refractivity contribution in [2.45, 2.75) is 26.3 Å². The molecule has 0 amide bonds. The summed E-state index contributed by atoms with van der Waals surface area (Å²) in [5.41, 5.74) is 3.46. The number of rotatable bonds is 1. The lowest BCUT2D eigenvalue weighted by molar-refractivity contribution is 0.364. The predicted octanol–water partition coefficient (Wildman–Crippen LogP) is 2.04. The number of hydrogen-bond donors (Lipinski definition) is 2. The molecule has 0 aromatic heterocycles. The second kappa shape index (κ2) is 3.04. The summed E-state index contributed by atoms with van der Waals surface area (Å²) in [6, 6.07) is 4.31. The van der Waals surface area contributed by atoms with Gasteiger partial charge < -0.3 is 10.4 Å². The molecule has 1 aliphatic rings. The van der Waals surface area contributed by atoms with Crippen LogP contribution >= 0.6 is 0 Å². The molecule has 0 bridgehead atoms. The van der Waals surface area contributed by atoms with Crippen LogP contribution in [0.25, 0.3) is 0 Å². The fraction of sp³-hybridized carbons (Fsp3) is 0.455. The molecule has 0 unspecified atom stereocenters. The number of aryl methyl sites for hydroxylation is 2. The molecule has 2 N–H and O–H groups in total. The molecule has 0 aliphatic carbocycles. The van der Waals surface area contributed by atoms with Crippen LogP contribution < -0.4 is 5.32 Å². The van der Waals surface area contributed by atoms with Gasteiger partial charge in [0.2, 0.25) is 0 Å². The number of aromatic hydroxyl groups is 1. The van der Waals surface area contributed by atoms with E-state index in [2.05, 4.69) is 18.3 Å². The van der Waals surface area contributed by atoms with Crippen LogP contribution in [0.3, 0.4) is 0 Å². The van der Waals surface area contributed by atoms with Crippen LogP contribution in [0, 0.1) is 13.8 Å². The third-order valence-electron chi connectivity index (χ3n) is 2.84. The van der Waals surface area contributed by atoms with E-state index in [0.717, 1.165) is 24.1 Å². The standard InChI is InChI=1S/C11H15NO/c1-7-5-9(10-3-4-12-10)11(13)6-8(7)2/h5-6,10,12-13H,3-4H2,1-2H3/t10-/m0/s1. The highest BCUT2D eigenvalue weighted by molar-refractivity contribution is 5.43. The van der Waals surface area contributed by atoms with Gasteiger partial charge in [-0.25, -0.2) is 0 Å². The van der Waals surface area contributed by atoms with E-state index in [1.807, 2.05) is 13.0 Å². The average molecular weight is 177 g/mol. The fourth-order valence-electron chi connectivity index (χ4n) is 1.66. The summed E-state index contributed by atoms with van der Waals surface area (Å²) >= 11 is 0. The second-order valence-corrected chi connectivity index (χ2v) is 3.79. The number of benzene rings is 1. The highest BCUT2D eigenvalue weighted by Crippen LogP contribution is 2.32. The molecule has 2 rings (SSSR count). The number of phenolic OH excluding ortho intramolecular Hbond substituents is 1. The molecule has 13 heavy (non-hydrogen) atoms. The lowest BCUT2D eigenvalue weighted by Crippen LogP contribution is -2.35. The minimum absolute atomic E-state index is 0.374. The maximum Gasteiger partial charge on any atom is 0.120 e. The summed E-state index contributed by atoms with van der Waals surface area (Å²) in [5, 5.41) is 13.0. The first-order chi connectivity index (χ1) is 6.18. The Balaban J connectivity index is 2.39. The Morgan fingerprint density at radius 1 is 1.31 bits per heavy atom. The Morgan fingerprint density at radius 2 is 1.92 bits per heavy atom. The number of phenols is 1. The van der Waals surface area contributed by atoms with Crippen molar-refractivity contribution in [1.82, 2.24) is 5.32 Å². The summed E-state index contributed by atoms with van der Waals surface area (Å²) < 4.78 is 0. The Bertz CT molecular complexity index is 329. The molecule has 0 spiro atoms. The van der Waals surface area contributed by atoms with Gasteiger partial charge in [0.25, 0.3) is 0 Å². The summed E-state index contributed by atoms with van der Waals surface area (Å²) in [4.78, 5) is 0. The van der Waals surface area contributed by atoms with Crippen molar-refractivity contribution in [2.75, 3.05) is 6.54 Å². The van der Waals surface area contributed by atoms with Gasteiger partial charge in [-0.3, -0.25) is 0 Å². The third-order valence-corrected chi connectivity index (χ3v) is 2.84. The van der Waals surface area contributed by atoms with E-state index in [1.165, 1.54) is 5.56 Å². The van der Waals surface area contributed by atoms with Gasteiger partial charge >= 0.3 is 0 Å². The van der Waals surface area contributed by atoms with Crippen molar-refractivity contribution in [1.29, 1.82) is 0 Å². The molecule has 1 aromatic rings. The van der Waals surface area contributed by atoms with Crippen LogP contribution in [0.5, 0.6) is 5.75 Å². The monoisotopic (exact) mass is 177 g/mol. The van der Waals surface area contributed by atoms with E-state index in [1.54, 1.807) is 0 Å².